The van der Waals surface area contributed by atoms with Crippen molar-refractivity contribution in [2.45, 2.75) is 32.7 Å². The Morgan fingerprint density at radius 2 is 2.04 bits per heavy atom. The van der Waals surface area contributed by atoms with Gasteiger partial charge < -0.3 is 14.4 Å². The van der Waals surface area contributed by atoms with Crippen molar-refractivity contribution in [1.82, 2.24) is 4.90 Å². The van der Waals surface area contributed by atoms with Crippen LogP contribution in [0.15, 0.2) is 18.2 Å². The highest BCUT2D eigenvalue weighted by Gasteiger charge is 2.34. The summed E-state index contributed by atoms with van der Waals surface area (Å²) in [5, 5.41) is 0.856. The molecule has 1 fully saturated rings. The van der Waals surface area contributed by atoms with Crippen LogP contribution in [-0.2, 0) is 14.3 Å². The molecule has 0 radical (unpaired) electrons. The maximum Gasteiger partial charge on any atom is 0.310 e. The lowest BCUT2D eigenvalue weighted by Crippen LogP contribution is -2.41. The summed E-state index contributed by atoms with van der Waals surface area (Å²) in [5.74, 6) is -0.422. The van der Waals surface area contributed by atoms with Crippen LogP contribution in [0.25, 0.3) is 0 Å². The van der Waals surface area contributed by atoms with Gasteiger partial charge in [-0.1, -0.05) is 30.1 Å². The minimum atomic E-state index is -0.367. The van der Waals surface area contributed by atoms with E-state index in [1.807, 2.05) is 0 Å². The van der Waals surface area contributed by atoms with Crippen molar-refractivity contribution in [3.63, 3.8) is 0 Å². The normalized spacial score (nSPS) is 14.8. The predicted molar refractivity (Wildman–Crippen MR) is 92.5 cm³/mol. The average Bonchev–Trinajstić information content (AvgIpc) is 3.36. The largest absolute Gasteiger partial charge is 0.482 e. The molecule has 1 unspecified atom stereocenters. The molecule has 1 aliphatic carbocycles. The molecule has 1 atom stereocenters. The van der Waals surface area contributed by atoms with Crippen LogP contribution in [0.2, 0.25) is 10.0 Å². The summed E-state index contributed by atoms with van der Waals surface area (Å²) < 4.78 is 10.5. The monoisotopic (exact) mass is 373 g/mol. The number of benzene rings is 1. The molecule has 1 saturated carbocycles. The molecule has 0 spiro atoms. The number of ether oxygens (including phenoxy) is 2. The Morgan fingerprint density at radius 1 is 1.33 bits per heavy atom. The fourth-order valence-corrected chi connectivity index (χ4v) is 2.77. The van der Waals surface area contributed by atoms with E-state index in [1.165, 1.54) is 0 Å². The van der Waals surface area contributed by atoms with Crippen molar-refractivity contribution in [1.29, 1.82) is 0 Å². The zero-order valence-electron chi connectivity index (χ0n) is 13.8. The number of halogens is 2. The lowest BCUT2D eigenvalue weighted by molar-refractivity contribution is -0.149. The third kappa shape index (κ3) is 5.28. The van der Waals surface area contributed by atoms with Crippen molar-refractivity contribution >= 4 is 35.1 Å². The maximum absolute atomic E-state index is 12.5. The maximum atomic E-state index is 12.5. The number of hydrogen-bond donors (Lipinski definition) is 0. The highest BCUT2D eigenvalue weighted by molar-refractivity contribution is 6.35. The van der Waals surface area contributed by atoms with Gasteiger partial charge in [0.05, 0.1) is 17.5 Å². The van der Waals surface area contributed by atoms with Gasteiger partial charge in [0.15, 0.2) is 6.61 Å². The molecule has 0 bridgehead atoms. The van der Waals surface area contributed by atoms with E-state index in [2.05, 4.69) is 0 Å². The summed E-state index contributed by atoms with van der Waals surface area (Å²) >= 11 is 11.9. The quantitative estimate of drug-likeness (QED) is 0.653. The lowest BCUT2D eigenvalue weighted by atomic mass is 10.1. The molecule has 0 heterocycles. The molecule has 0 saturated heterocycles. The van der Waals surface area contributed by atoms with Gasteiger partial charge in [-0.05, 0) is 38.0 Å². The van der Waals surface area contributed by atoms with Gasteiger partial charge in [0.1, 0.15) is 5.75 Å². The molecule has 5 nitrogen and oxygen atoms in total. The number of carbonyl (C=O) groups excluding carboxylic acids is 2. The molecule has 24 heavy (non-hydrogen) atoms. The van der Waals surface area contributed by atoms with Crippen LogP contribution in [0.5, 0.6) is 5.75 Å². The first-order chi connectivity index (χ1) is 11.4. The molecule has 0 aliphatic heterocycles. The summed E-state index contributed by atoms with van der Waals surface area (Å²) in [6.45, 7) is 4.06. The minimum Gasteiger partial charge on any atom is -0.482 e. The number of amides is 1. The van der Waals surface area contributed by atoms with Crippen LogP contribution in [0.3, 0.4) is 0 Å². The zero-order valence-corrected chi connectivity index (χ0v) is 15.3. The molecule has 1 aliphatic rings. The first kappa shape index (κ1) is 18.9. The third-order valence-corrected chi connectivity index (χ3v) is 4.24. The number of rotatable bonds is 8. The molecule has 132 valence electrons. The van der Waals surface area contributed by atoms with Crippen LogP contribution >= 0.6 is 23.2 Å². The van der Waals surface area contributed by atoms with E-state index in [9.17, 15) is 9.59 Å². The highest BCUT2D eigenvalue weighted by atomic mass is 35.5. The molecule has 7 heteroatoms. The minimum absolute atomic E-state index is 0.132. The summed E-state index contributed by atoms with van der Waals surface area (Å²) in [6.07, 6.45) is 1.89. The van der Waals surface area contributed by atoms with Gasteiger partial charge in [0.25, 0.3) is 5.91 Å². The van der Waals surface area contributed by atoms with Gasteiger partial charge >= 0.3 is 5.97 Å². The standard InChI is InChI=1S/C17H21Cl2NO4/c1-3-23-17(22)11(2)9-20(13-5-6-13)16(21)10-24-15-7-4-12(18)8-14(15)19/h4,7-8,11,13H,3,5-6,9-10H2,1-2H3. The summed E-state index contributed by atoms with van der Waals surface area (Å²) in [6, 6.07) is 5.01. The smallest absolute Gasteiger partial charge is 0.310 e. The molecular weight excluding hydrogens is 353 g/mol. The summed E-state index contributed by atoms with van der Waals surface area (Å²) in [5.41, 5.74) is 0. The second kappa shape index (κ2) is 8.58. The van der Waals surface area contributed by atoms with E-state index < -0.39 is 0 Å². The second-order valence-corrected chi connectivity index (χ2v) is 6.64. The number of nitrogens with zero attached hydrogens (tertiary/aromatic N) is 1. The predicted octanol–water partition coefficient (Wildman–Crippen LogP) is 3.56. The van der Waals surface area contributed by atoms with Gasteiger partial charge in [0, 0.05) is 17.6 Å². The lowest BCUT2D eigenvalue weighted by Gasteiger charge is -2.25. The van der Waals surface area contributed by atoms with Crippen LogP contribution < -0.4 is 4.74 Å². The van der Waals surface area contributed by atoms with E-state index in [-0.39, 0.29) is 30.4 Å². The molecule has 1 aromatic rings. The topological polar surface area (TPSA) is 55.8 Å². The van der Waals surface area contributed by atoms with Crippen molar-refractivity contribution in [3.05, 3.63) is 28.2 Å². The number of carbonyl (C=O) groups is 2. The van der Waals surface area contributed by atoms with Crippen molar-refractivity contribution in [2.24, 2.45) is 5.92 Å². The second-order valence-electron chi connectivity index (χ2n) is 5.79. The molecule has 1 aromatic carbocycles. The van der Waals surface area contributed by atoms with Crippen LogP contribution in [0.1, 0.15) is 26.7 Å². The van der Waals surface area contributed by atoms with Gasteiger partial charge in [-0.3, -0.25) is 9.59 Å². The first-order valence-electron chi connectivity index (χ1n) is 7.96. The van der Waals surface area contributed by atoms with Gasteiger partial charge in [-0.15, -0.1) is 0 Å². The van der Waals surface area contributed by atoms with E-state index in [1.54, 1.807) is 36.9 Å². The van der Waals surface area contributed by atoms with E-state index in [4.69, 9.17) is 32.7 Å². The average molecular weight is 374 g/mol. The molecule has 0 N–H and O–H groups in total. The molecule has 1 amide bonds. The zero-order chi connectivity index (χ0) is 17.7. The molecular formula is C17H21Cl2NO4. The Kier molecular flexibility index (Phi) is 6.75. The Balaban J connectivity index is 1.93. The van der Waals surface area contributed by atoms with Crippen molar-refractivity contribution in [3.8, 4) is 5.75 Å². The Bertz CT molecular complexity index is 604. The van der Waals surface area contributed by atoms with Crippen molar-refractivity contribution in [2.75, 3.05) is 19.8 Å². The van der Waals surface area contributed by atoms with Crippen LogP contribution in [0.4, 0.5) is 0 Å². The third-order valence-electron chi connectivity index (χ3n) is 3.71. The van der Waals surface area contributed by atoms with E-state index in [0.717, 1.165) is 12.8 Å². The van der Waals surface area contributed by atoms with E-state index in [0.29, 0.717) is 28.9 Å². The van der Waals surface area contributed by atoms with Gasteiger partial charge in [-0.2, -0.15) is 0 Å². The number of esters is 1. The SMILES string of the molecule is CCOC(=O)C(C)CN(C(=O)COc1ccc(Cl)cc1Cl)C1CC1. The number of hydrogen-bond acceptors (Lipinski definition) is 4. The highest BCUT2D eigenvalue weighted by Crippen LogP contribution is 2.29. The fourth-order valence-electron chi connectivity index (χ4n) is 2.31. The summed E-state index contributed by atoms with van der Waals surface area (Å²) in [7, 11) is 0. The van der Waals surface area contributed by atoms with Crippen LogP contribution in [0, 0.1) is 5.92 Å². The Morgan fingerprint density at radius 3 is 2.62 bits per heavy atom. The van der Waals surface area contributed by atoms with Gasteiger partial charge in [-0.25, -0.2) is 0 Å². The first-order valence-corrected chi connectivity index (χ1v) is 8.72. The Labute approximate surface area is 151 Å². The van der Waals surface area contributed by atoms with Crippen molar-refractivity contribution < 1.29 is 19.1 Å². The van der Waals surface area contributed by atoms with E-state index >= 15 is 0 Å². The molecule has 2 rings (SSSR count). The van der Waals surface area contributed by atoms with Gasteiger partial charge in [0.2, 0.25) is 0 Å². The van der Waals surface area contributed by atoms with Crippen LogP contribution in [-0.4, -0.2) is 42.6 Å². The molecule has 0 aromatic heterocycles. The fraction of sp³-hybridized carbons (Fsp3) is 0.529. The summed E-state index contributed by atoms with van der Waals surface area (Å²) in [4.78, 5) is 26.0. The Hall–Kier alpha value is -1.46.